The number of aromatic nitrogens is 5. The first-order valence-corrected chi connectivity index (χ1v) is 33.8. The number of hydrogen-bond donors (Lipinski definition) is 5. The minimum Gasteiger partial charge on any atom is -0.502 e. The Morgan fingerprint density at radius 1 is 0.382 bits per heavy atom. The second-order valence-corrected chi connectivity index (χ2v) is 24.3. The third-order valence-corrected chi connectivity index (χ3v) is 17.4. The third kappa shape index (κ3) is 17.7. The number of benzene rings is 9. The molecular formula is C83H90N8O11. The van der Waals surface area contributed by atoms with Crippen LogP contribution in [0.5, 0.6) is 57.5 Å². The number of rotatable bonds is 27. The van der Waals surface area contributed by atoms with Crippen molar-refractivity contribution in [1.82, 2.24) is 24.9 Å². The van der Waals surface area contributed by atoms with Crippen LogP contribution in [0.15, 0.2) is 205 Å². The molecule has 528 valence electrons. The zero-order valence-corrected chi connectivity index (χ0v) is 60.0. The van der Waals surface area contributed by atoms with Gasteiger partial charge in [-0.2, -0.15) is 0 Å². The number of aryl methyl sites for hydroxylation is 4. The summed E-state index contributed by atoms with van der Waals surface area (Å²) in [6.07, 6.45) is 3.92. The van der Waals surface area contributed by atoms with Gasteiger partial charge in [-0.05, 0) is 148 Å². The predicted octanol–water partition coefficient (Wildman–Crippen LogP) is 16.8. The maximum atomic E-state index is 10.3. The van der Waals surface area contributed by atoms with Crippen molar-refractivity contribution < 1.29 is 52.9 Å². The van der Waals surface area contributed by atoms with Crippen LogP contribution in [-0.2, 0) is 32.1 Å². The fraction of sp³-hybridized carbons (Fsp3) is 0.241. The van der Waals surface area contributed by atoms with Crippen molar-refractivity contribution in [3.63, 3.8) is 0 Å². The lowest BCUT2D eigenvalue weighted by molar-refractivity contribution is 0.321. The number of oxazole rings is 1. The first-order chi connectivity index (χ1) is 49.6. The maximum absolute atomic E-state index is 10.3. The number of aromatic hydroxyl groups is 3. The van der Waals surface area contributed by atoms with E-state index in [0.29, 0.717) is 70.6 Å². The largest absolute Gasteiger partial charge is 0.502 e. The lowest BCUT2D eigenvalue weighted by Crippen LogP contribution is -2.21. The van der Waals surface area contributed by atoms with E-state index in [4.69, 9.17) is 52.5 Å². The highest BCUT2D eigenvalue weighted by Crippen LogP contribution is 2.44. The number of imidazole rings is 2. The molecule has 19 heteroatoms. The van der Waals surface area contributed by atoms with E-state index in [9.17, 15) is 15.3 Å². The summed E-state index contributed by atoms with van der Waals surface area (Å²) < 4.78 is 44.2. The molecule has 0 unspecified atom stereocenters. The number of nitrogens with zero attached hydrogens (tertiary/aromatic N) is 6. The fourth-order valence-corrected chi connectivity index (χ4v) is 11.7. The predicted molar refractivity (Wildman–Crippen MR) is 406 cm³/mol. The summed E-state index contributed by atoms with van der Waals surface area (Å²) >= 11 is 0. The van der Waals surface area contributed by atoms with E-state index >= 15 is 0 Å². The highest BCUT2D eigenvalue weighted by atomic mass is 16.5. The first kappa shape index (κ1) is 72.7. The summed E-state index contributed by atoms with van der Waals surface area (Å²) in [7, 11) is 17.1. The molecule has 9 aromatic carbocycles. The third-order valence-electron chi connectivity index (χ3n) is 17.4. The van der Waals surface area contributed by atoms with E-state index in [1.165, 1.54) is 59.5 Å². The Bertz CT molecular complexity index is 4360. The van der Waals surface area contributed by atoms with Gasteiger partial charge in [0.2, 0.25) is 23.1 Å². The summed E-state index contributed by atoms with van der Waals surface area (Å²) in [5, 5.41) is 30.9. The van der Waals surface area contributed by atoms with Crippen LogP contribution in [0.3, 0.4) is 0 Å². The van der Waals surface area contributed by atoms with Gasteiger partial charge in [0.1, 0.15) is 17.4 Å². The lowest BCUT2D eigenvalue weighted by atomic mass is 10.0. The monoisotopic (exact) mass is 1370 g/mol. The van der Waals surface area contributed by atoms with Crippen molar-refractivity contribution in [3.05, 3.63) is 228 Å². The first-order valence-electron chi connectivity index (χ1n) is 33.8. The number of para-hydroxylation sites is 1. The second-order valence-electron chi connectivity index (χ2n) is 24.3. The quantitative estimate of drug-likeness (QED) is 0.0323. The molecule has 0 saturated carbocycles. The molecular weight excluding hydrogens is 1280 g/mol. The summed E-state index contributed by atoms with van der Waals surface area (Å²) in [4.78, 5) is 28.2. The van der Waals surface area contributed by atoms with Gasteiger partial charge >= 0.3 is 0 Å². The molecule has 0 radical (unpaired) electrons. The Hall–Kier alpha value is -12.0. The average molecular weight is 1380 g/mol. The molecule has 3 heterocycles. The molecule has 0 atom stereocenters. The van der Waals surface area contributed by atoms with Gasteiger partial charge in [0.15, 0.2) is 40.3 Å². The SMILES string of the molecule is CCN(CC)c1ccc(-c2nc(-c3cc(OC)c(O)c(OC)c3)[nH]c2CCOc2ccccc2)cc1.COc1cc(-c2nc(-c3ccc(N(C)C)cc3)c(CCc3ccccc3)[nH]2)cc(OC)c1O.COc1cc(-c2nc(CCc3ccccc3)c(-c3ccc(N(C)C)cc3)o2)cc(OC)c1O. The van der Waals surface area contributed by atoms with Crippen LogP contribution in [0.1, 0.15) is 42.1 Å². The van der Waals surface area contributed by atoms with Crippen molar-refractivity contribution >= 4 is 17.1 Å². The summed E-state index contributed by atoms with van der Waals surface area (Å²) in [6.45, 7) is 6.72. The molecule has 12 aromatic rings. The van der Waals surface area contributed by atoms with Crippen LogP contribution in [0.25, 0.3) is 68.1 Å². The number of nitrogens with one attached hydrogen (secondary N) is 2. The number of H-pyrrole nitrogens is 2. The molecule has 12 rings (SSSR count). The Balaban J connectivity index is 0.000000165. The standard InChI is InChI=1S/C29H33N3O4.C27H29N3O3.C27H28N2O4/c1-5-32(6-2)22-14-12-20(13-15-22)27-24(16-17-36-23-10-8-7-9-11-23)30-29(31-27)21-18-25(34-3)28(33)26(19-21)35-4;1-30(2)21-13-11-19(12-14-21)25-22(15-10-18-8-6-5-7-9-18)28-27(29-25)20-16-23(32-3)26(31)24(17-20)33-4;1-29(2)21-13-11-19(12-14-21)26-22(15-10-18-8-6-5-7-9-18)28-27(33-26)20-16-23(31-3)25(30)24(17-20)32-4/h7-15,18-19,33H,5-6,16-17H2,1-4H3,(H,30,31);5-9,11-14,16-17,31H,10,15H2,1-4H3,(H,28,29);5-9,11-14,16-17,30H,10,15H2,1-4H3. The topological polar surface area (TPSA) is 218 Å². The Morgan fingerprint density at radius 2 is 0.745 bits per heavy atom. The molecule has 0 aliphatic rings. The van der Waals surface area contributed by atoms with Gasteiger partial charge in [-0.3, -0.25) is 0 Å². The number of phenols is 3. The van der Waals surface area contributed by atoms with E-state index in [1.807, 2.05) is 94.9 Å². The molecule has 0 saturated heterocycles. The van der Waals surface area contributed by atoms with Gasteiger partial charge < -0.3 is 77.6 Å². The number of anilines is 3. The molecule has 0 bridgehead atoms. The Morgan fingerprint density at radius 3 is 1.14 bits per heavy atom. The molecule has 0 fully saturated rings. The van der Waals surface area contributed by atoms with E-state index in [0.717, 1.165) is 118 Å². The summed E-state index contributed by atoms with van der Waals surface area (Å²) in [5.74, 6) is 5.14. The van der Waals surface area contributed by atoms with Crippen molar-refractivity contribution in [1.29, 1.82) is 0 Å². The number of phenolic OH excluding ortho intramolecular Hbond substituents is 3. The smallest absolute Gasteiger partial charge is 0.227 e. The number of aromatic amines is 2. The van der Waals surface area contributed by atoms with Crippen molar-refractivity contribution in [2.24, 2.45) is 0 Å². The van der Waals surface area contributed by atoms with Gasteiger partial charge in [0.25, 0.3) is 0 Å². The normalized spacial score (nSPS) is 10.8. The zero-order valence-electron chi connectivity index (χ0n) is 60.0. The lowest BCUT2D eigenvalue weighted by Gasteiger charge is -2.21. The van der Waals surface area contributed by atoms with E-state index in [1.54, 1.807) is 36.4 Å². The van der Waals surface area contributed by atoms with E-state index < -0.39 is 0 Å². The van der Waals surface area contributed by atoms with Crippen molar-refractivity contribution in [2.75, 3.05) is 105 Å². The molecule has 0 aliphatic heterocycles. The molecule has 3 aromatic heterocycles. The van der Waals surface area contributed by atoms with Crippen LogP contribution >= 0.6 is 0 Å². The van der Waals surface area contributed by atoms with Gasteiger partial charge in [-0.1, -0.05) is 103 Å². The fourth-order valence-electron chi connectivity index (χ4n) is 11.7. The van der Waals surface area contributed by atoms with Gasteiger partial charge in [0, 0.05) is 110 Å². The van der Waals surface area contributed by atoms with Crippen molar-refractivity contribution in [2.45, 2.75) is 46.0 Å². The van der Waals surface area contributed by atoms with Crippen LogP contribution < -0.4 is 47.9 Å². The van der Waals surface area contributed by atoms with Gasteiger partial charge in [-0.15, -0.1) is 0 Å². The highest BCUT2D eigenvalue weighted by Gasteiger charge is 2.23. The zero-order chi connectivity index (χ0) is 72.2. The molecule has 102 heavy (non-hydrogen) atoms. The van der Waals surface area contributed by atoms with Gasteiger partial charge in [0.05, 0.1) is 66.3 Å². The maximum Gasteiger partial charge on any atom is 0.227 e. The second kappa shape index (κ2) is 34.7. The molecule has 0 amide bonds. The van der Waals surface area contributed by atoms with Crippen LogP contribution in [0.2, 0.25) is 0 Å². The molecule has 0 spiro atoms. The van der Waals surface area contributed by atoms with Crippen LogP contribution in [0, 0.1) is 0 Å². The van der Waals surface area contributed by atoms with Crippen molar-refractivity contribution in [3.8, 4) is 126 Å². The Kier molecular flexibility index (Phi) is 24.7. The molecule has 0 aliphatic carbocycles. The highest BCUT2D eigenvalue weighted by molar-refractivity contribution is 5.75. The van der Waals surface area contributed by atoms with Crippen LogP contribution in [0.4, 0.5) is 17.1 Å². The van der Waals surface area contributed by atoms with Crippen LogP contribution in [-0.4, -0.2) is 131 Å². The minimum absolute atomic E-state index is 0.0286. The molecule has 19 nitrogen and oxygen atoms in total. The number of methoxy groups -OCH3 is 6. The molecule has 5 N–H and O–H groups in total. The minimum atomic E-state index is -0.0564. The van der Waals surface area contributed by atoms with E-state index in [2.05, 4.69) is 136 Å². The Labute approximate surface area is 597 Å². The number of hydrogen-bond acceptors (Lipinski definition) is 17. The van der Waals surface area contributed by atoms with Gasteiger partial charge in [-0.25, -0.2) is 15.0 Å². The summed E-state index contributed by atoms with van der Waals surface area (Å²) in [6, 6.07) is 66.0. The average Bonchev–Trinajstić information content (AvgIpc) is 1.66. The van der Waals surface area contributed by atoms with E-state index in [-0.39, 0.29) is 17.2 Å². The summed E-state index contributed by atoms with van der Waals surface area (Å²) in [5.41, 5.74) is 15.8. The number of ether oxygens (including phenoxy) is 7.